The molecule has 0 unspecified atom stereocenters. The van der Waals surface area contributed by atoms with Crippen molar-refractivity contribution in [1.29, 1.82) is 0 Å². The topological polar surface area (TPSA) is 51.2 Å². The minimum atomic E-state index is 0.0604. The van der Waals surface area contributed by atoms with Crippen molar-refractivity contribution in [2.45, 2.75) is 25.3 Å². The molecule has 1 saturated heterocycles. The van der Waals surface area contributed by atoms with Crippen molar-refractivity contribution >= 4 is 17.5 Å². The van der Waals surface area contributed by atoms with Crippen molar-refractivity contribution < 1.29 is 9.53 Å². The maximum Gasteiger partial charge on any atom is 0.220 e. The van der Waals surface area contributed by atoms with Crippen LogP contribution in [0.15, 0.2) is 48.8 Å². The first-order valence-electron chi connectivity index (χ1n) is 8.21. The molecule has 0 radical (unpaired) electrons. The van der Waals surface area contributed by atoms with Gasteiger partial charge in [-0.25, -0.2) is 0 Å². The number of ether oxygens (including phenoxy) is 1. The molecule has 1 aliphatic heterocycles. The Morgan fingerprint density at radius 2 is 2.04 bits per heavy atom. The van der Waals surface area contributed by atoms with Gasteiger partial charge >= 0.3 is 0 Å². The molecule has 126 valence electrons. The third-order valence-electron chi connectivity index (χ3n) is 4.32. The lowest BCUT2D eigenvalue weighted by molar-refractivity contribution is -0.122. The lowest BCUT2D eigenvalue weighted by Gasteiger charge is -2.19. The zero-order valence-electron chi connectivity index (χ0n) is 13.5. The molecule has 1 N–H and O–H groups in total. The van der Waals surface area contributed by atoms with Gasteiger partial charge in [0, 0.05) is 29.8 Å². The van der Waals surface area contributed by atoms with Crippen molar-refractivity contribution in [3.63, 3.8) is 0 Å². The van der Waals surface area contributed by atoms with Gasteiger partial charge in [-0.05, 0) is 48.2 Å². The van der Waals surface area contributed by atoms with Crippen LogP contribution in [0.1, 0.15) is 17.5 Å². The van der Waals surface area contributed by atoms with E-state index in [2.05, 4.69) is 10.3 Å². The maximum absolute atomic E-state index is 12.2. The number of carbonyl (C=O) groups is 1. The Morgan fingerprint density at radius 1 is 1.21 bits per heavy atom. The highest BCUT2D eigenvalue weighted by atomic mass is 35.5. The van der Waals surface area contributed by atoms with Crippen LogP contribution in [0.25, 0.3) is 0 Å². The van der Waals surface area contributed by atoms with Gasteiger partial charge in [-0.15, -0.1) is 0 Å². The van der Waals surface area contributed by atoms with Crippen molar-refractivity contribution in [1.82, 2.24) is 10.3 Å². The second-order valence-corrected chi connectivity index (χ2v) is 6.60. The van der Waals surface area contributed by atoms with E-state index in [1.54, 1.807) is 12.4 Å². The quantitative estimate of drug-likeness (QED) is 0.876. The Morgan fingerprint density at radius 3 is 2.83 bits per heavy atom. The minimum Gasteiger partial charge on any atom is -0.379 e. The molecule has 1 fully saturated rings. The number of hydrogen-bond donors (Lipinski definition) is 1. The summed E-state index contributed by atoms with van der Waals surface area (Å²) in [6.45, 7) is 1.26. The standard InChI is InChI=1S/C19H21ClN2O2/c20-17-3-1-2-14(11-17)4-5-19(23)22-18-13-24-12-16(18)10-15-6-8-21-9-7-15/h1-3,6-9,11,16,18H,4-5,10,12-13H2,(H,22,23)/t16-,18-/m1/s1. The molecule has 4 nitrogen and oxygen atoms in total. The second-order valence-electron chi connectivity index (χ2n) is 6.16. The highest BCUT2D eigenvalue weighted by Gasteiger charge is 2.29. The van der Waals surface area contributed by atoms with Crippen LogP contribution in [0.2, 0.25) is 5.02 Å². The zero-order chi connectivity index (χ0) is 16.8. The number of nitrogens with zero attached hydrogens (tertiary/aromatic N) is 1. The Labute approximate surface area is 147 Å². The molecule has 0 aliphatic carbocycles. The van der Waals surface area contributed by atoms with E-state index >= 15 is 0 Å². The average Bonchev–Trinajstić information content (AvgIpc) is 3.01. The number of pyridine rings is 1. The molecule has 2 heterocycles. The summed E-state index contributed by atoms with van der Waals surface area (Å²) in [4.78, 5) is 16.3. The van der Waals surface area contributed by atoms with Crippen LogP contribution in [0.3, 0.4) is 0 Å². The number of hydrogen-bond acceptors (Lipinski definition) is 3. The summed E-state index contributed by atoms with van der Waals surface area (Å²) < 4.78 is 5.57. The smallest absolute Gasteiger partial charge is 0.220 e. The van der Waals surface area contributed by atoms with Gasteiger partial charge in [-0.2, -0.15) is 0 Å². The summed E-state index contributed by atoms with van der Waals surface area (Å²) in [6, 6.07) is 11.7. The molecular weight excluding hydrogens is 324 g/mol. The summed E-state index contributed by atoms with van der Waals surface area (Å²) in [5.41, 5.74) is 2.30. The van der Waals surface area contributed by atoms with Gasteiger partial charge in [0.1, 0.15) is 0 Å². The number of aromatic nitrogens is 1. The van der Waals surface area contributed by atoms with Gasteiger partial charge in [0.15, 0.2) is 0 Å². The number of halogens is 1. The van der Waals surface area contributed by atoms with Crippen LogP contribution in [0.4, 0.5) is 0 Å². The molecule has 24 heavy (non-hydrogen) atoms. The molecule has 5 heteroatoms. The Hall–Kier alpha value is -1.91. The monoisotopic (exact) mass is 344 g/mol. The van der Waals surface area contributed by atoms with Crippen LogP contribution < -0.4 is 5.32 Å². The van der Waals surface area contributed by atoms with Crippen molar-refractivity contribution in [3.05, 3.63) is 64.9 Å². The van der Waals surface area contributed by atoms with Crippen LogP contribution in [-0.4, -0.2) is 30.1 Å². The first-order valence-corrected chi connectivity index (χ1v) is 8.59. The number of nitrogens with one attached hydrogen (secondary N) is 1. The predicted molar refractivity (Wildman–Crippen MR) is 94.0 cm³/mol. The maximum atomic E-state index is 12.2. The molecule has 2 atom stereocenters. The summed E-state index contributed by atoms with van der Waals surface area (Å²) >= 11 is 5.97. The number of carbonyl (C=O) groups excluding carboxylic acids is 1. The van der Waals surface area contributed by atoms with Gasteiger partial charge in [0.2, 0.25) is 5.91 Å². The third-order valence-corrected chi connectivity index (χ3v) is 4.56. The first kappa shape index (κ1) is 16.9. The van der Waals surface area contributed by atoms with Crippen LogP contribution in [0, 0.1) is 5.92 Å². The van der Waals surface area contributed by atoms with E-state index in [4.69, 9.17) is 16.3 Å². The molecule has 2 aromatic rings. The number of aryl methyl sites for hydroxylation is 1. The van der Waals surface area contributed by atoms with Crippen LogP contribution in [-0.2, 0) is 22.4 Å². The normalized spacial score (nSPS) is 20.0. The lowest BCUT2D eigenvalue weighted by Crippen LogP contribution is -2.40. The fourth-order valence-corrected chi connectivity index (χ4v) is 3.22. The Balaban J connectivity index is 1.49. The molecule has 1 amide bonds. The summed E-state index contributed by atoms with van der Waals surface area (Å²) in [6.07, 6.45) is 5.63. The van der Waals surface area contributed by atoms with Crippen molar-refractivity contribution in [3.8, 4) is 0 Å². The largest absolute Gasteiger partial charge is 0.379 e. The Kier molecular flexibility index (Phi) is 5.83. The molecule has 3 rings (SSSR count). The van der Waals surface area contributed by atoms with E-state index in [1.165, 1.54) is 5.56 Å². The SMILES string of the molecule is O=C(CCc1cccc(Cl)c1)N[C@@H]1COC[C@H]1Cc1ccncc1. The summed E-state index contributed by atoms with van der Waals surface area (Å²) in [5.74, 6) is 0.368. The number of amides is 1. The van der Waals surface area contributed by atoms with E-state index in [-0.39, 0.29) is 11.9 Å². The van der Waals surface area contributed by atoms with E-state index in [9.17, 15) is 4.79 Å². The van der Waals surface area contributed by atoms with Crippen LogP contribution in [0.5, 0.6) is 0 Å². The summed E-state index contributed by atoms with van der Waals surface area (Å²) in [7, 11) is 0. The fourth-order valence-electron chi connectivity index (χ4n) is 3.01. The van der Waals surface area contributed by atoms with Gasteiger partial charge < -0.3 is 10.1 Å². The molecule has 1 aromatic carbocycles. The summed E-state index contributed by atoms with van der Waals surface area (Å²) in [5, 5.41) is 3.82. The predicted octanol–water partition coefficient (Wildman–Crippen LogP) is 3.04. The first-order chi connectivity index (χ1) is 11.7. The van der Waals surface area contributed by atoms with E-state index in [0.29, 0.717) is 37.0 Å². The third kappa shape index (κ3) is 4.79. The van der Waals surface area contributed by atoms with E-state index < -0.39 is 0 Å². The fraction of sp³-hybridized carbons (Fsp3) is 0.368. The van der Waals surface area contributed by atoms with Crippen molar-refractivity contribution in [2.24, 2.45) is 5.92 Å². The van der Waals surface area contributed by atoms with E-state index in [1.807, 2.05) is 36.4 Å². The molecule has 0 bridgehead atoms. The van der Waals surface area contributed by atoms with Gasteiger partial charge in [0.05, 0.1) is 19.3 Å². The number of rotatable bonds is 6. The number of benzene rings is 1. The minimum absolute atomic E-state index is 0.0604. The molecule has 0 saturated carbocycles. The molecule has 0 spiro atoms. The van der Waals surface area contributed by atoms with Crippen molar-refractivity contribution in [2.75, 3.05) is 13.2 Å². The highest BCUT2D eigenvalue weighted by molar-refractivity contribution is 6.30. The highest BCUT2D eigenvalue weighted by Crippen LogP contribution is 2.19. The molecular formula is C19H21ClN2O2. The lowest BCUT2D eigenvalue weighted by atomic mass is 9.95. The molecule has 1 aliphatic rings. The van der Waals surface area contributed by atoms with Gasteiger partial charge in [-0.1, -0.05) is 23.7 Å². The van der Waals surface area contributed by atoms with Gasteiger partial charge in [-0.3, -0.25) is 9.78 Å². The molecule has 1 aromatic heterocycles. The zero-order valence-corrected chi connectivity index (χ0v) is 14.2. The van der Waals surface area contributed by atoms with Gasteiger partial charge in [0.25, 0.3) is 0 Å². The second kappa shape index (κ2) is 8.27. The Bertz CT molecular complexity index is 678. The van der Waals surface area contributed by atoms with Crippen LogP contribution >= 0.6 is 11.6 Å². The van der Waals surface area contributed by atoms with E-state index in [0.717, 1.165) is 12.0 Å². The average molecular weight is 345 g/mol.